The predicted molar refractivity (Wildman–Crippen MR) is 448 cm³/mol. The average molecular weight is 1730 g/mol. The first kappa shape index (κ1) is 101. The molecule has 3 fully saturated rings. The number of benzene rings is 3. The molecule has 676 valence electrons. The van der Waals surface area contributed by atoms with Crippen LogP contribution in [0.5, 0.6) is 11.5 Å². The molecule has 7 rings (SSSR count). The number of ether oxygens (including phenoxy) is 15. The first-order valence-electron chi connectivity index (χ1n) is 42.0. The number of hydrogen-bond acceptors (Lipinski definition) is 27. The van der Waals surface area contributed by atoms with Gasteiger partial charge in [-0.05, 0) is 93.3 Å². The van der Waals surface area contributed by atoms with Crippen molar-refractivity contribution in [2.45, 2.75) is 194 Å². The first-order chi connectivity index (χ1) is 58.2. The van der Waals surface area contributed by atoms with Crippen molar-refractivity contribution in [3.05, 3.63) is 111 Å². The molecule has 4 bridgehead atoms. The van der Waals surface area contributed by atoms with Crippen LogP contribution in [0.2, 0.25) is 5.02 Å². The molecule has 3 aromatic rings. The highest BCUT2D eigenvalue weighted by atomic mass is 35.5. The number of rotatable bonds is 51. The topological polar surface area (TPSA) is 372 Å². The molecule has 0 aromatic heterocycles. The van der Waals surface area contributed by atoms with Crippen molar-refractivity contribution in [2.24, 2.45) is 29.6 Å². The Kier molecular flexibility index (Phi) is 41.7. The van der Waals surface area contributed by atoms with Gasteiger partial charge in [0.2, 0.25) is 23.6 Å². The average Bonchev–Trinajstić information content (AvgIpc) is 1.57. The standard InChI is InChI=1S/C90H127ClN4O27/c1-57(2)70(51-69(97)27-30-112-32-34-114-36-38-116-40-42-118-44-43-117-41-39-115-37-35-113-33-31-111-29-16-18-68(96)26-28-95-80(100)52-71(58(3)4)87(95)105)85(103)92-61(7)73(98)47-63-20-22-64(23-21-63)56-119-81(101)50-66-24-25-67(49-74(66)108-12)86(104)93(10)62(8)88(106)121-78-53-79(99)94(11)72-46-65(48-75(109-13)83(72)91)45-59(5)17-15-19-77(110-14)90(107)54-76(120-82(102)55-90)60(6)84-89(78,9)122-84/h15,17,19-25,46,48-49,57-58,60-62,70-71,76-78,84,107H,16,18,26-45,47,50-56H2,1-14H3,(H,92,103)/b19-15+,59-17+/t60-,61+,62+,70+,71?,76+,77-,78+,84+,89+,90-/m1/s1. The number of esters is 3. The monoisotopic (exact) mass is 1730 g/mol. The first-order valence-corrected chi connectivity index (χ1v) is 42.4. The number of methoxy groups -OCH3 is 3. The summed E-state index contributed by atoms with van der Waals surface area (Å²) in [6.45, 7) is 21.9. The molecule has 0 radical (unpaired) electrons. The third-order valence-electron chi connectivity index (χ3n) is 22.4. The minimum Gasteiger partial charge on any atom is -0.496 e. The molecule has 0 spiro atoms. The number of epoxide rings is 1. The van der Waals surface area contributed by atoms with Crippen LogP contribution in [-0.2, 0) is 135 Å². The van der Waals surface area contributed by atoms with Crippen molar-refractivity contribution in [3.63, 3.8) is 0 Å². The minimum atomic E-state index is -1.66. The number of likely N-dealkylation sites (tertiary alicyclic amines) is 1. The molecule has 4 aliphatic rings. The SMILES string of the molecule is COc1cc(C(=O)N(C)[C@@H](C)C(=O)O[C@H]2CC(=O)N(C)c3cc(cc(OC)c3Cl)C/C(C)=C/C=C/[C@@H](OC)[C@]3(O)CC(=O)O[C@@H](C3)[C@@H](C)[C@@H]3O[C@@]23C)ccc1CC(=O)OCc1ccc(CC(=O)[C@H](C)NC(=O)[C@@H](CC(=O)CCOCCOCCOCCOCCOCCOCCOCCOCCCC(=O)CCN2C(=O)CC(C(C)C)C2=O)C(C)C)cc1. The Balaban J connectivity index is 0.735. The molecule has 31 nitrogen and oxygen atoms in total. The third-order valence-corrected chi connectivity index (χ3v) is 22.8. The van der Waals surface area contributed by atoms with Gasteiger partial charge in [0, 0.05) is 108 Å². The molecule has 122 heavy (non-hydrogen) atoms. The highest BCUT2D eigenvalue weighted by molar-refractivity contribution is 6.35. The van der Waals surface area contributed by atoms with Crippen LogP contribution in [0.25, 0.3) is 0 Å². The number of carbonyl (C=O) groups excluding carboxylic acids is 11. The van der Waals surface area contributed by atoms with Crippen molar-refractivity contribution in [3.8, 4) is 11.5 Å². The quantitative estimate of drug-likeness (QED) is 0.0176. The fraction of sp³-hybridized carbons (Fsp3) is 0.633. The number of nitrogens with one attached hydrogen (secondary N) is 1. The van der Waals surface area contributed by atoms with E-state index in [0.717, 1.165) is 11.1 Å². The molecule has 11 atom stereocenters. The van der Waals surface area contributed by atoms with E-state index in [9.17, 15) is 57.8 Å². The Morgan fingerprint density at radius 3 is 1.84 bits per heavy atom. The van der Waals surface area contributed by atoms with Gasteiger partial charge >= 0.3 is 17.9 Å². The molecular formula is C90H127ClN4O27. The molecule has 4 heterocycles. The van der Waals surface area contributed by atoms with Crippen molar-refractivity contribution >= 4 is 82.1 Å². The Hall–Kier alpha value is -8.44. The number of hydrogen-bond donors (Lipinski definition) is 2. The largest absolute Gasteiger partial charge is 0.496 e. The zero-order chi connectivity index (χ0) is 89.2. The number of carbonyl (C=O) groups is 11. The Bertz CT molecular complexity index is 4040. The van der Waals surface area contributed by atoms with E-state index in [1.165, 1.54) is 62.1 Å². The lowest BCUT2D eigenvalue weighted by molar-refractivity contribution is -0.187. The molecule has 1 unspecified atom stereocenters. The third kappa shape index (κ3) is 31.1. The van der Waals surface area contributed by atoms with Crippen LogP contribution in [-0.4, -0.2) is 275 Å². The summed E-state index contributed by atoms with van der Waals surface area (Å²) in [6.07, 6.45) is 2.25. The predicted octanol–water partition coefficient (Wildman–Crippen LogP) is 8.51. The number of likely N-dealkylation sites (N-methyl/N-ethyl adjacent to an activating group) is 1. The van der Waals surface area contributed by atoms with Crippen molar-refractivity contribution in [1.82, 2.24) is 15.1 Å². The molecule has 0 aliphatic carbocycles. The van der Waals surface area contributed by atoms with Crippen molar-refractivity contribution < 1.29 is 129 Å². The fourth-order valence-corrected chi connectivity index (χ4v) is 14.9. The van der Waals surface area contributed by atoms with E-state index in [0.29, 0.717) is 140 Å². The number of allylic oxidation sites excluding steroid dienone is 3. The summed E-state index contributed by atoms with van der Waals surface area (Å²) in [5.74, 6) is -5.55. The van der Waals surface area contributed by atoms with Crippen LogP contribution in [0.3, 0.4) is 0 Å². The second-order valence-corrected chi connectivity index (χ2v) is 32.6. The minimum absolute atomic E-state index is 0.000782. The number of nitrogens with zero attached hydrogens (tertiary/aromatic N) is 3. The number of anilines is 1. The second-order valence-electron chi connectivity index (χ2n) is 32.3. The molecule has 3 saturated heterocycles. The molecule has 5 amide bonds. The number of aliphatic hydroxyl groups is 1. The summed E-state index contributed by atoms with van der Waals surface area (Å²) in [5.41, 5.74) is 0.795. The molecule has 2 N–H and O–H groups in total. The van der Waals surface area contributed by atoms with Gasteiger partial charge in [-0.3, -0.25) is 52.8 Å². The Labute approximate surface area is 721 Å². The van der Waals surface area contributed by atoms with E-state index in [1.807, 2.05) is 40.7 Å². The van der Waals surface area contributed by atoms with Gasteiger partial charge in [0.15, 0.2) is 5.78 Å². The van der Waals surface area contributed by atoms with E-state index in [1.54, 1.807) is 82.4 Å². The van der Waals surface area contributed by atoms with Gasteiger partial charge in [-0.25, -0.2) is 4.79 Å². The maximum Gasteiger partial charge on any atom is 0.328 e. The van der Waals surface area contributed by atoms with Crippen LogP contribution in [0, 0.1) is 29.6 Å². The maximum absolute atomic E-state index is 14.6. The van der Waals surface area contributed by atoms with E-state index < -0.39 is 102 Å². The summed E-state index contributed by atoms with van der Waals surface area (Å²) in [4.78, 5) is 150. The second kappa shape index (κ2) is 50.5. The summed E-state index contributed by atoms with van der Waals surface area (Å²) < 4.78 is 85.6. The molecule has 0 saturated carbocycles. The lowest BCUT2D eigenvalue weighted by Crippen LogP contribution is -2.53. The van der Waals surface area contributed by atoms with E-state index in [-0.39, 0.29) is 141 Å². The van der Waals surface area contributed by atoms with Gasteiger partial charge in [-0.1, -0.05) is 100 Å². The van der Waals surface area contributed by atoms with E-state index in [4.69, 9.17) is 82.7 Å². The van der Waals surface area contributed by atoms with Crippen LogP contribution < -0.4 is 19.7 Å². The summed E-state index contributed by atoms with van der Waals surface area (Å²) in [5, 5.41) is 15.0. The van der Waals surface area contributed by atoms with Crippen LogP contribution >= 0.6 is 11.6 Å². The van der Waals surface area contributed by atoms with Crippen LogP contribution in [0.4, 0.5) is 5.69 Å². The Morgan fingerprint density at radius 1 is 0.697 bits per heavy atom. The maximum atomic E-state index is 14.6. The molecule has 3 aromatic carbocycles. The van der Waals surface area contributed by atoms with Gasteiger partial charge in [0.05, 0.1) is 150 Å². The normalized spacial score (nSPS) is 22.0. The number of fused-ring (bicyclic) bond motifs is 5. The van der Waals surface area contributed by atoms with Gasteiger partial charge in [0.1, 0.15) is 70.3 Å². The van der Waals surface area contributed by atoms with Gasteiger partial charge in [0.25, 0.3) is 5.91 Å². The van der Waals surface area contributed by atoms with E-state index in [2.05, 4.69) is 5.32 Å². The number of Topliss-reactive ketones (excluding diaryl/α,β-unsaturated/α-hetero) is 3. The van der Waals surface area contributed by atoms with Crippen LogP contribution in [0.1, 0.15) is 153 Å². The number of halogens is 1. The number of amides is 5. The highest BCUT2D eigenvalue weighted by Gasteiger charge is 2.65. The molecule has 32 heteroatoms. The zero-order valence-corrected chi connectivity index (χ0v) is 74.0. The van der Waals surface area contributed by atoms with Gasteiger partial charge < -0.3 is 91.3 Å². The fourth-order valence-electron chi connectivity index (χ4n) is 14.5. The zero-order valence-electron chi connectivity index (χ0n) is 73.3. The van der Waals surface area contributed by atoms with Gasteiger partial charge in [-0.15, -0.1) is 0 Å². The van der Waals surface area contributed by atoms with Crippen LogP contribution in [0.15, 0.2) is 78.4 Å². The lowest BCUT2D eigenvalue weighted by atomic mass is 9.78. The van der Waals surface area contributed by atoms with Gasteiger partial charge in [-0.2, -0.15) is 0 Å². The summed E-state index contributed by atoms with van der Waals surface area (Å²) in [6, 6.07) is 12.8. The summed E-state index contributed by atoms with van der Waals surface area (Å²) >= 11 is 6.88. The van der Waals surface area contributed by atoms with E-state index >= 15 is 0 Å². The molecule has 4 aliphatic heterocycles. The molecular weight excluding hydrogens is 1600 g/mol. The number of ketones is 3. The van der Waals surface area contributed by atoms with Crippen molar-refractivity contribution in [1.29, 1.82) is 0 Å². The summed E-state index contributed by atoms with van der Waals surface area (Å²) in [7, 11) is 7.25. The lowest BCUT2D eigenvalue weighted by Gasteiger charge is -2.41. The highest BCUT2D eigenvalue weighted by Crippen LogP contribution is 2.50. The Morgan fingerprint density at radius 2 is 1.28 bits per heavy atom. The van der Waals surface area contributed by atoms with Crippen molar-refractivity contribution in [2.75, 3.05) is 153 Å². The smallest absolute Gasteiger partial charge is 0.328 e. The number of imide groups is 1.